The van der Waals surface area contributed by atoms with Gasteiger partial charge >= 0.3 is 0 Å². The molecule has 0 radical (unpaired) electrons. The number of likely N-dealkylation sites (N-methyl/N-ethyl adjacent to an activating group) is 1. The fourth-order valence-corrected chi connectivity index (χ4v) is 2.59. The van der Waals surface area contributed by atoms with Crippen molar-refractivity contribution >= 4 is 10.9 Å². The van der Waals surface area contributed by atoms with Crippen molar-refractivity contribution < 1.29 is 4.74 Å². The maximum absolute atomic E-state index is 5.71. The average Bonchev–Trinajstić information content (AvgIpc) is 2.51. The normalized spacial score (nSPS) is 16.0. The average molecular weight is 272 g/mol. The van der Waals surface area contributed by atoms with Gasteiger partial charge < -0.3 is 10.1 Å². The summed E-state index contributed by atoms with van der Waals surface area (Å²) in [4.78, 5) is 4.75. The SMILES string of the molecule is CCC(C)(OC)C(Cc1ccc2ccccc2n1)NC. The summed E-state index contributed by atoms with van der Waals surface area (Å²) in [5.74, 6) is 0. The van der Waals surface area contributed by atoms with E-state index in [1.54, 1.807) is 7.11 Å². The van der Waals surface area contributed by atoms with E-state index in [0.29, 0.717) is 0 Å². The molecule has 0 fully saturated rings. The first-order chi connectivity index (χ1) is 9.62. The molecule has 1 aromatic carbocycles. The molecule has 3 heteroatoms. The monoisotopic (exact) mass is 272 g/mol. The van der Waals surface area contributed by atoms with Crippen molar-refractivity contribution in [2.24, 2.45) is 0 Å². The zero-order valence-corrected chi connectivity index (χ0v) is 12.8. The van der Waals surface area contributed by atoms with Crippen molar-refractivity contribution in [2.75, 3.05) is 14.2 Å². The van der Waals surface area contributed by atoms with Crippen LogP contribution in [0.2, 0.25) is 0 Å². The first-order valence-electron chi connectivity index (χ1n) is 7.20. The molecule has 0 bridgehead atoms. The number of aromatic nitrogens is 1. The molecule has 1 heterocycles. The van der Waals surface area contributed by atoms with Gasteiger partial charge in [0.05, 0.1) is 11.1 Å². The van der Waals surface area contributed by atoms with Gasteiger partial charge in [-0.1, -0.05) is 31.2 Å². The Labute approximate surface area is 121 Å². The highest BCUT2D eigenvalue weighted by Crippen LogP contribution is 2.22. The van der Waals surface area contributed by atoms with E-state index in [2.05, 4.69) is 43.4 Å². The van der Waals surface area contributed by atoms with Crippen LogP contribution in [-0.4, -0.2) is 30.8 Å². The fraction of sp³-hybridized carbons (Fsp3) is 0.471. The smallest absolute Gasteiger partial charge is 0.0804 e. The maximum Gasteiger partial charge on any atom is 0.0804 e. The second-order valence-electron chi connectivity index (χ2n) is 5.41. The molecule has 1 N–H and O–H groups in total. The Bertz CT molecular complexity index is 564. The number of benzene rings is 1. The molecular formula is C17H24N2O. The van der Waals surface area contributed by atoms with Crippen molar-refractivity contribution in [3.8, 4) is 0 Å². The second-order valence-corrected chi connectivity index (χ2v) is 5.41. The van der Waals surface area contributed by atoms with Gasteiger partial charge in [0.25, 0.3) is 0 Å². The topological polar surface area (TPSA) is 34.1 Å². The molecule has 0 aliphatic heterocycles. The number of nitrogens with zero attached hydrogens (tertiary/aromatic N) is 1. The minimum atomic E-state index is -0.178. The molecule has 0 amide bonds. The van der Waals surface area contributed by atoms with Crippen molar-refractivity contribution in [1.82, 2.24) is 10.3 Å². The molecule has 108 valence electrons. The van der Waals surface area contributed by atoms with Gasteiger partial charge in [-0.2, -0.15) is 0 Å². The maximum atomic E-state index is 5.71. The fourth-order valence-electron chi connectivity index (χ4n) is 2.59. The Morgan fingerprint density at radius 2 is 2.00 bits per heavy atom. The Balaban J connectivity index is 2.25. The predicted molar refractivity (Wildman–Crippen MR) is 84.0 cm³/mol. The summed E-state index contributed by atoms with van der Waals surface area (Å²) in [7, 11) is 3.76. The minimum Gasteiger partial charge on any atom is -0.377 e. The lowest BCUT2D eigenvalue weighted by molar-refractivity contribution is -0.0270. The number of para-hydroxylation sites is 1. The third-order valence-electron chi connectivity index (χ3n) is 4.32. The van der Waals surface area contributed by atoms with E-state index in [4.69, 9.17) is 9.72 Å². The summed E-state index contributed by atoms with van der Waals surface area (Å²) < 4.78 is 5.71. The van der Waals surface area contributed by atoms with Crippen LogP contribution in [0.3, 0.4) is 0 Å². The highest BCUT2D eigenvalue weighted by molar-refractivity contribution is 5.78. The molecule has 2 aromatic rings. The van der Waals surface area contributed by atoms with Crippen LogP contribution in [0.15, 0.2) is 36.4 Å². The number of fused-ring (bicyclic) bond motifs is 1. The van der Waals surface area contributed by atoms with Crippen LogP contribution < -0.4 is 5.32 Å². The molecule has 1 aromatic heterocycles. The van der Waals surface area contributed by atoms with E-state index in [1.807, 2.05) is 19.2 Å². The zero-order valence-electron chi connectivity index (χ0n) is 12.8. The molecule has 0 aliphatic carbocycles. The molecule has 2 unspecified atom stereocenters. The highest BCUT2D eigenvalue weighted by atomic mass is 16.5. The summed E-state index contributed by atoms with van der Waals surface area (Å²) in [6, 6.07) is 12.7. The summed E-state index contributed by atoms with van der Waals surface area (Å²) >= 11 is 0. The quantitative estimate of drug-likeness (QED) is 0.877. The summed E-state index contributed by atoms with van der Waals surface area (Å²) in [6.07, 6.45) is 1.82. The van der Waals surface area contributed by atoms with Gasteiger partial charge in [0.1, 0.15) is 0 Å². The molecule has 0 spiro atoms. The summed E-state index contributed by atoms with van der Waals surface area (Å²) in [5, 5.41) is 4.56. The second kappa shape index (κ2) is 6.33. The van der Waals surface area contributed by atoms with Crippen LogP contribution in [0.1, 0.15) is 26.0 Å². The van der Waals surface area contributed by atoms with E-state index in [9.17, 15) is 0 Å². The molecule has 0 saturated heterocycles. The standard InChI is InChI=1S/C17H24N2O/c1-5-17(2,20-4)16(18-3)12-14-11-10-13-8-6-7-9-15(13)19-14/h6-11,16,18H,5,12H2,1-4H3. The molecule has 0 aliphatic rings. The van der Waals surface area contributed by atoms with Gasteiger partial charge in [0.2, 0.25) is 0 Å². The largest absolute Gasteiger partial charge is 0.377 e. The van der Waals surface area contributed by atoms with Gasteiger partial charge in [-0.15, -0.1) is 0 Å². The van der Waals surface area contributed by atoms with Gasteiger partial charge in [0.15, 0.2) is 0 Å². The highest BCUT2D eigenvalue weighted by Gasteiger charge is 2.31. The summed E-state index contributed by atoms with van der Waals surface area (Å²) in [5.41, 5.74) is 1.97. The van der Waals surface area contributed by atoms with Gasteiger partial charge in [0, 0.05) is 30.7 Å². The number of rotatable bonds is 6. The number of pyridine rings is 1. The third kappa shape index (κ3) is 3.00. The lowest BCUT2D eigenvalue weighted by Gasteiger charge is -2.35. The number of methoxy groups -OCH3 is 1. The first kappa shape index (κ1) is 14.9. The van der Waals surface area contributed by atoms with Crippen molar-refractivity contribution in [3.05, 3.63) is 42.1 Å². The van der Waals surface area contributed by atoms with Crippen LogP contribution in [0.4, 0.5) is 0 Å². The minimum absolute atomic E-state index is 0.178. The number of hydrogen-bond acceptors (Lipinski definition) is 3. The van der Waals surface area contributed by atoms with Gasteiger partial charge in [-0.3, -0.25) is 4.98 Å². The van der Waals surface area contributed by atoms with Crippen LogP contribution in [0.5, 0.6) is 0 Å². The van der Waals surface area contributed by atoms with Crippen molar-refractivity contribution in [3.63, 3.8) is 0 Å². The van der Waals surface area contributed by atoms with Crippen molar-refractivity contribution in [2.45, 2.75) is 38.3 Å². The van der Waals surface area contributed by atoms with Crippen LogP contribution in [-0.2, 0) is 11.2 Å². The molecule has 2 rings (SSSR count). The van der Waals surface area contributed by atoms with Crippen molar-refractivity contribution in [1.29, 1.82) is 0 Å². The van der Waals surface area contributed by atoms with E-state index in [-0.39, 0.29) is 11.6 Å². The molecule has 2 atom stereocenters. The molecule has 20 heavy (non-hydrogen) atoms. The summed E-state index contributed by atoms with van der Waals surface area (Å²) in [6.45, 7) is 4.30. The van der Waals surface area contributed by atoms with Crippen LogP contribution in [0, 0.1) is 0 Å². The van der Waals surface area contributed by atoms with Gasteiger partial charge in [-0.05, 0) is 32.5 Å². The predicted octanol–water partition coefficient (Wildman–Crippen LogP) is 3.18. The zero-order chi connectivity index (χ0) is 14.6. The molecule has 3 nitrogen and oxygen atoms in total. The lowest BCUT2D eigenvalue weighted by Crippen LogP contribution is -2.49. The van der Waals surface area contributed by atoms with E-state index in [0.717, 1.165) is 24.1 Å². The first-order valence-corrected chi connectivity index (χ1v) is 7.20. The lowest BCUT2D eigenvalue weighted by atomic mass is 9.89. The number of ether oxygens (including phenoxy) is 1. The molecule has 0 saturated carbocycles. The van der Waals surface area contributed by atoms with Crippen LogP contribution in [0.25, 0.3) is 10.9 Å². The Morgan fingerprint density at radius 3 is 2.65 bits per heavy atom. The third-order valence-corrected chi connectivity index (χ3v) is 4.32. The van der Waals surface area contributed by atoms with Crippen LogP contribution >= 0.6 is 0 Å². The van der Waals surface area contributed by atoms with E-state index >= 15 is 0 Å². The molecular weight excluding hydrogens is 248 g/mol. The number of hydrogen-bond donors (Lipinski definition) is 1. The van der Waals surface area contributed by atoms with Gasteiger partial charge in [-0.25, -0.2) is 0 Å². The number of nitrogens with one attached hydrogen (secondary N) is 1. The van der Waals surface area contributed by atoms with E-state index < -0.39 is 0 Å². The van der Waals surface area contributed by atoms with E-state index in [1.165, 1.54) is 5.39 Å². The Hall–Kier alpha value is -1.45. The Morgan fingerprint density at radius 1 is 1.25 bits per heavy atom. The Kier molecular flexibility index (Phi) is 4.73.